The van der Waals surface area contributed by atoms with Crippen LogP contribution in [0.1, 0.15) is 18.1 Å². The number of para-hydroxylation sites is 1. The van der Waals surface area contributed by atoms with Crippen LogP contribution in [-0.4, -0.2) is 24.8 Å². The summed E-state index contributed by atoms with van der Waals surface area (Å²) in [5.74, 6) is 1.09. The Kier molecular flexibility index (Phi) is 5.63. The van der Waals surface area contributed by atoms with Crippen molar-refractivity contribution in [3.63, 3.8) is 0 Å². The van der Waals surface area contributed by atoms with Crippen molar-refractivity contribution in [3.05, 3.63) is 58.5 Å². The van der Waals surface area contributed by atoms with Crippen molar-refractivity contribution in [1.29, 1.82) is 0 Å². The minimum absolute atomic E-state index is 0.176. The van der Waals surface area contributed by atoms with Crippen molar-refractivity contribution in [2.24, 2.45) is 4.99 Å². The average molecular weight is 368 g/mol. The number of thioether (sulfide) groups is 1. The van der Waals surface area contributed by atoms with Crippen LogP contribution in [0.5, 0.6) is 11.5 Å². The average Bonchev–Trinajstić information content (AvgIpc) is 2.94. The first-order chi connectivity index (χ1) is 12.6. The molecule has 0 atom stereocenters. The van der Waals surface area contributed by atoms with Gasteiger partial charge in [0.25, 0.3) is 5.91 Å². The highest BCUT2D eigenvalue weighted by Gasteiger charge is 2.24. The summed E-state index contributed by atoms with van der Waals surface area (Å²) in [5.41, 5.74) is 2.72. The number of aryl methyl sites for hydroxylation is 1. The van der Waals surface area contributed by atoms with E-state index < -0.39 is 0 Å². The molecule has 0 spiro atoms. The summed E-state index contributed by atoms with van der Waals surface area (Å²) in [4.78, 5) is 17.4. The highest BCUT2D eigenvalue weighted by molar-refractivity contribution is 8.18. The van der Waals surface area contributed by atoms with Gasteiger partial charge in [-0.05, 0) is 55.4 Å². The van der Waals surface area contributed by atoms with E-state index in [0.29, 0.717) is 28.2 Å². The maximum Gasteiger partial charge on any atom is 0.264 e. The molecule has 2 aromatic carbocycles. The van der Waals surface area contributed by atoms with Crippen LogP contribution in [0.2, 0.25) is 0 Å². The van der Waals surface area contributed by atoms with Gasteiger partial charge in [-0.25, -0.2) is 4.99 Å². The molecule has 134 valence electrons. The molecule has 1 N–H and O–H groups in total. The second-order valence-corrected chi connectivity index (χ2v) is 6.66. The number of ether oxygens (including phenoxy) is 2. The summed E-state index contributed by atoms with van der Waals surface area (Å²) in [6.07, 6.45) is 1.79. The Labute approximate surface area is 157 Å². The molecule has 1 fully saturated rings. The van der Waals surface area contributed by atoms with E-state index in [-0.39, 0.29) is 5.91 Å². The third-order valence-electron chi connectivity index (χ3n) is 3.68. The Balaban J connectivity index is 1.89. The van der Waals surface area contributed by atoms with Crippen LogP contribution in [-0.2, 0) is 4.79 Å². The normalized spacial score (nSPS) is 16.8. The number of benzene rings is 2. The number of amides is 1. The molecule has 1 amide bonds. The fraction of sp³-hybridized carbons (Fsp3) is 0.200. The van der Waals surface area contributed by atoms with Gasteiger partial charge in [0.2, 0.25) is 0 Å². The molecule has 1 aliphatic rings. The molecule has 6 heteroatoms. The number of methoxy groups -OCH3 is 1. The standard InChI is InChI=1S/C20H20N2O3S/c1-4-25-16-10-6-8-14(18(16)24-3)12-17-19(23)22-20(26-17)21-15-9-5-7-13(2)11-15/h5-12H,4H2,1-3H3,(H,21,22,23)/b17-12+. The zero-order chi connectivity index (χ0) is 18.5. The fourth-order valence-electron chi connectivity index (χ4n) is 2.57. The lowest BCUT2D eigenvalue weighted by Gasteiger charge is -2.11. The van der Waals surface area contributed by atoms with Gasteiger partial charge in [-0.1, -0.05) is 24.3 Å². The quantitative estimate of drug-likeness (QED) is 0.800. The zero-order valence-electron chi connectivity index (χ0n) is 14.9. The number of aliphatic imine (C=N–C) groups is 1. The van der Waals surface area contributed by atoms with E-state index >= 15 is 0 Å². The fourth-order valence-corrected chi connectivity index (χ4v) is 3.40. The van der Waals surface area contributed by atoms with E-state index in [2.05, 4.69) is 10.3 Å². The lowest BCUT2D eigenvalue weighted by molar-refractivity contribution is -0.115. The molecule has 0 bridgehead atoms. The molecule has 0 saturated carbocycles. The Morgan fingerprint density at radius 2 is 2.04 bits per heavy atom. The summed E-state index contributed by atoms with van der Waals surface area (Å²) in [5, 5.41) is 3.36. The van der Waals surface area contributed by atoms with Gasteiger partial charge in [0, 0.05) is 5.56 Å². The largest absolute Gasteiger partial charge is 0.492 e. The Morgan fingerprint density at radius 3 is 2.77 bits per heavy atom. The van der Waals surface area contributed by atoms with Crippen molar-refractivity contribution in [2.75, 3.05) is 13.7 Å². The van der Waals surface area contributed by atoms with Crippen LogP contribution in [0.25, 0.3) is 6.08 Å². The van der Waals surface area contributed by atoms with Gasteiger partial charge in [0.1, 0.15) is 0 Å². The number of rotatable bonds is 5. The van der Waals surface area contributed by atoms with Crippen LogP contribution in [0.3, 0.4) is 0 Å². The topological polar surface area (TPSA) is 59.9 Å². The van der Waals surface area contributed by atoms with Crippen LogP contribution in [0.15, 0.2) is 52.4 Å². The van der Waals surface area contributed by atoms with Crippen molar-refractivity contribution >= 4 is 34.6 Å². The predicted octanol–water partition coefficient (Wildman–Crippen LogP) is 4.29. The number of carbonyl (C=O) groups excluding carboxylic acids is 1. The number of nitrogens with zero attached hydrogens (tertiary/aromatic N) is 1. The Hall–Kier alpha value is -2.73. The zero-order valence-corrected chi connectivity index (χ0v) is 15.7. The maximum atomic E-state index is 12.3. The Bertz CT molecular complexity index is 890. The van der Waals surface area contributed by atoms with Crippen molar-refractivity contribution in [3.8, 4) is 11.5 Å². The molecule has 1 saturated heterocycles. The molecular formula is C20H20N2O3S. The van der Waals surface area contributed by atoms with Gasteiger partial charge in [0.05, 0.1) is 24.3 Å². The van der Waals surface area contributed by atoms with Crippen LogP contribution >= 0.6 is 11.8 Å². The lowest BCUT2D eigenvalue weighted by Crippen LogP contribution is -2.19. The molecule has 3 rings (SSSR count). The summed E-state index contributed by atoms with van der Waals surface area (Å²) >= 11 is 1.31. The van der Waals surface area contributed by atoms with Crippen molar-refractivity contribution in [1.82, 2.24) is 5.32 Å². The van der Waals surface area contributed by atoms with Gasteiger partial charge in [-0.2, -0.15) is 0 Å². The number of hydrogen-bond donors (Lipinski definition) is 1. The van der Waals surface area contributed by atoms with E-state index in [0.717, 1.165) is 16.8 Å². The molecule has 5 nitrogen and oxygen atoms in total. The number of carbonyl (C=O) groups is 1. The third-order valence-corrected chi connectivity index (χ3v) is 4.59. The number of amidine groups is 1. The second kappa shape index (κ2) is 8.10. The third kappa shape index (κ3) is 4.08. The molecule has 1 heterocycles. The molecule has 0 aromatic heterocycles. The van der Waals surface area contributed by atoms with E-state index in [1.807, 2.05) is 56.3 Å². The highest BCUT2D eigenvalue weighted by atomic mass is 32.2. The van der Waals surface area contributed by atoms with Gasteiger partial charge < -0.3 is 14.8 Å². The van der Waals surface area contributed by atoms with E-state index in [1.54, 1.807) is 13.2 Å². The van der Waals surface area contributed by atoms with Gasteiger partial charge in [-0.3, -0.25) is 4.79 Å². The maximum absolute atomic E-state index is 12.3. The second-order valence-electron chi connectivity index (χ2n) is 5.63. The summed E-state index contributed by atoms with van der Waals surface area (Å²) < 4.78 is 11.1. The minimum Gasteiger partial charge on any atom is -0.492 e. The molecule has 2 aromatic rings. The smallest absolute Gasteiger partial charge is 0.264 e. The SMILES string of the molecule is CCOc1cccc(/C=C2/SC(=Nc3cccc(C)c3)NC2=O)c1OC. The van der Waals surface area contributed by atoms with Gasteiger partial charge in [-0.15, -0.1) is 0 Å². The number of nitrogens with one attached hydrogen (secondary N) is 1. The molecule has 0 radical (unpaired) electrons. The van der Waals surface area contributed by atoms with Crippen LogP contribution in [0.4, 0.5) is 5.69 Å². The minimum atomic E-state index is -0.176. The lowest BCUT2D eigenvalue weighted by atomic mass is 10.1. The Morgan fingerprint density at radius 1 is 1.23 bits per heavy atom. The van der Waals surface area contributed by atoms with Crippen LogP contribution in [0, 0.1) is 6.92 Å². The summed E-state index contributed by atoms with van der Waals surface area (Å²) in [6, 6.07) is 13.4. The van der Waals surface area contributed by atoms with E-state index in [9.17, 15) is 4.79 Å². The number of hydrogen-bond acceptors (Lipinski definition) is 5. The summed E-state index contributed by atoms with van der Waals surface area (Å²) in [7, 11) is 1.59. The molecule has 26 heavy (non-hydrogen) atoms. The van der Waals surface area contributed by atoms with Gasteiger partial charge >= 0.3 is 0 Å². The first-order valence-corrected chi connectivity index (χ1v) is 9.08. The molecular weight excluding hydrogens is 348 g/mol. The first kappa shape index (κ1) is 18.1. The monoisotopic (exact) mass is 368 g/mol. The molecule has 0 unspecified atom stereocenters. The van der Waals surface area contributed by atoms with Gasteiger partial charge in [0.15, 0.2) is 16.7 Å². The molecule has 1 aliphatic heterocycles. The van der Waals surface area contributed by atoms with Crippen molar-refractivity contribution < 1.29 is 14.3 Å². The van der Waals surface area contributed by atoms with Crippen molar-refractivity contribution in [2.45, 2.75) is 13.8 Å². The van der Waals surface area contributed by atoms with Crippen LogP contribution < -0.4 is 14.8 Å². The summed E-state index contributed by atoms with van der Waals surface area (Å²) in [6.45, 7) is 4.46. The highest BCUT2D eigenvalue weighted by Crippen LogP contribution is 2.35. The predicted molar refractivity (Wildman–Crippen MR) is 106 cm³/mol. The van der Waals surface area contributed by atoms with E-state index in [1.165, 1.54) is 11.8 Å². The molecule has 0 aliphatic carbocycles. The van der Waals surface area contributed by atoms with E-state index in [4.69, 9.17) is 9.47 Å². The first-order valence-electron chi connectivity index (χ1n) is 8.26.